The quantitative estimate of drug-likeness (QED) is 0.756. The molecule has 0 aliphatic heterocycles. The molecule has 0 fully saturated rings. The number of rotatable bonds is 5. The first-order chi connectivity index (χ1) is 8.43. The Morgan fingerprint density at radius 2 is 2.17 bits per heavy atom. The van der Waals surface area contributed by atoms with Gasteiger partial charge in [-0.25, -0.2) is 0 Å². The highest BCUT2D eigenvalue weighted by Crippen LogP contribution is 2.17. The highest BCUT2D eigenvalue weighted by Gasteiger charge is 2.14. The summed E-state index contributed by atoms with van der Waals surface area (Å²) in [6.45, 7) is 3.66. The van der Waals surface area contributed by atoms with Crippen molar-refractivity contribution in [1.82, 2.24) is 5.32 Å². The normalized spacial score (nSPS) is 12.6. The third-order valence-electron chi connectivity index (χ3n) is 2.45. The van der Waals surface area contributed by atoms with Crippen LogP contribution in [0.5, 0.6) is 0 Å². The third-order valence-corrected chi connectivity index (χ3v) is 2.69. The van der Waals surface area contributed by atoms with E-state index < -0.39 is 0 Å². The van der Waals surface area contributed by atoms with Crippen molar-refractivity contribution >= 4 is 17.5 Å². The zero-order valence-electron chi connectivity index (χ0n) is 10.6. The summed E-state index contributed by atoms with van der Waals surface area (Å²) >= 11 is 5.91. The second-order valence-electron chi connectivity index (χ2n) is 4.58. The summed E-state index contributed by atoms with van der Waals surface area (Å²) in [4.78, 5) is 12.0. The van der Waals surface area contributed by atoms with Crippen molar-refractivity contribution in [3.63, 3.8) is 0 Å². The van der Waals surface area contributed by atoms with Crippen molar-refractivity contribution in [3.8, 4) is 0 Å². The van der Waals surface area contributed by atoms with Crippen LogP contribution in [-0.4, -0.2) is 29.7 Å². The molecule has 0 aliphatic rings. The van der Waals surface area contributed by atoms with Gasteiger partial charge in [-0.3, -0.25) is 4.79 Å². The van der Waals surface area contributed by atoms with Crippen LogP contribution < -0.4 is 11.1 Å². The lowest BCUT2D eigenvalue weighted by Crippen LogP contribution is -2.32. The first kappa shape index (κ1) is 15.0. The van der Waals surface area contributed by atoms with Crippen molar-refractivity contribution < 1.29 is 9.90 Å². The molecule has 0 bridgehead atoms. The second kappa shape index (κ2) is 6.73. The molecule has 4 nitrogen and oxygen atoms in total. The minimum absolute atomic E-state index is 0.0517. The molecule has 1 amide bonds. The molecule has 100 valence electrons. The van der Waals surface area contributed by atoms with Crippen molar-refractivity contribution in [2.45, 2.75) is 32.4 Å². The van der Waals surface area contributed by atoms with Crippen LogP contribution in [0.4, 0.5) is 0 Å². The van der Waals surface area contributed by atoms with Crippen molar-refractivity contribution in [3.05, 3.63) is 34.3 Å². The summed E-state index contributed by atoms with van der Waals surface area (Å²) in [6, 6.07) is 4.78. The summed E-state index contributed by atoms with van der Waals surface area (Å²) in [5, 5.41) is 12.3. The standard InChI is InChI=1S/C13H19ClN2O2/c1-8(2)16-13(18)12-6-10(14)4-3-9(12)5-11(15)7-17/h3-4,6,8,11,17H,5,7,15H2,1-2H3,(H,16,18)/t11-/m0/s1. The van der Waals surface area contributed by atoms with Gasteiger partial charge in [0.05, 0.1) is 6.61 Å². The lowest BCUT2D eigenvalue weighted by atomic mass is 10.00. The number of aliphatic hydroxyl groups is 1. The Morgan fingerprint density at radius 3 is 2.72 bits per heavy atom. The summed E-state index contributed by atoms with van der Waals surface area (Å²) < 4.78 is 0. The van der Waals surface area contributed by atoms with Gasteiger partial charge in [-0.15, -0.1) is 0 Å². The number of amides is 1. The molecule has 0 aromatic heterocycles. The summed E-state index contributed by atoms with van der Waals surface area (Å²) in [6.07, 6.45) is 0.439. The maximum atomic E-state index is 12.0. The molecule has 5 heteroatoms. The first-order valence-corrected chi connectivity index (χ1v) is 6.27. The van der Waals surface area contributed by atoms with Crippen LogP contribution in [0.1, 0.15) is 29.8 Å². The summed E-state index contributed by atoms with van der Waals surface area (Å²) in [7, 11) is 0. The fourth-order valence-electron chi connectivity index (χ4n) is 1.63. The molecule has 18 heavy (non-hydrogen) atoms. The Balaban J connectivity index is 2.99. The van der Waals surface area contributed by atoms with Gasteiger partial charge in [0.25, 0.3) is 5.91 Å². The number of hydrogen-bond donors (Lipinski definition) is 3. The third kappa shape index (κ3) is 4.29. The van der Waals surface area contributed by atoms with Crippen molar-refractivity contribution in [2.75, 3.05) is 6.61 Å². The van der Waals surface area contributed by atoms with E-state index in [-0.39, 0.29) is 24.6 Å². The molecule has 4 N–H and O–H groups in total. The van der Waals surface area contributed by atoms with Crippen LogP contribution >= 0.6 is 11.6 Å². The van der Waals surface area contributed by atoms with Gasteiger partial charge in [-0.2, -0.15) is 0 Å². The molecule has 0 radical (unpaired) electrons. The number of carbonyl (C=O) groups is 1. The van der Waals surface area contributed by atoms with E-state index in [9.17, 15) is 4.79 Å². The molecular formula is C13H19ClN2O2. The fraction of sp³-hybridized carbons (Fsp3) is 0.462. The van der Waals surface area contributed by atoms with Crippen LogP contribution in [0.2, 0.25) is 5.02 Å². The van der Waals surface area contributed by atoms with Crippen LogP contribution in [0.3, 0.4) is 0 Å². The Kier molecular flexibility index (Phi) is 5.59. The van der Waals surface area contributed by atoms with E-state index in [1.54, 1.807) is 18.2 Å². The zero-order valence-corrected chi connectivity index (χ0v) is 11.4. The maximum absolute atomic E-state index is 12.0. The number of carbonyl (C=O) groups excluding carboxylic acids is 1. The average Bonchev–Trinajstić information content (AvgIpc) is 2.30. The van der Waals surface area contributed by atoms with E-state index in [2.05, 4.69) is 5.32 Å². The highest BCUT2D eigenvalue weighted by atomic mass is 35.5. The lowest BCUT2D eigenvalue weighted by molar-refractivity contribution is 0.0942. The second-order valence-corrected chi connectivity index (χ2v) is 5.01. The monoisotopic (exact) mass is 270 g/mol. The molecular weight excluding hydrogens is 252 g/mol. The number of benzene rings is 1. The van der Waals surface area contributed by atoms with Gasteiger partial charge in [0.2, 0.25) is 0 Å². The van der Waals surface area contributed by atoms with Crippen LogP contribution in [0, 0.1) is 0 Å². The van der Waals surface area contributed by atoms with Crippen LogP contribution in [-0.2, 0) is 6.42 Å². The number of hydrogen-bond acceptors (Lipinski definition) is 3. The molecule has 0 unspecified atom stereocenters. The number of aliphatic hydroxyl groups excluding tert-OH is 1. The Morgan fingerprint density at radius 1 is 1.50 bits per heavy atom. The molecule has 1 aromatic rings. The summed E-state index contributed by atoms with van der Waals surface area (Å²) in [5.41, 5.74) is 7.00. The van der Waals surface area contributed by atoms with E-state index in [4.69, 9.17) is 22.4 Å². The maximum Gasteiger partial charge on any atom is 0.251 e. The molecule has 0 aliphatic carbocycles. The van der Waals surface area contributed by atoms with Gasteiger partial charge < -0.3 is 16.2 Å². The molecule has 0 spiro atoms. The average molecular weight is 271 g/mol. The van der Waals surface area contributed by atoms with Gasteiger partial charge in [-0.05, 0) is 38.0 Å². The van der Waals surface area contributed by atoms with Gasteiger partial charge in [-0.1, -0.05) is 17.7 Å². The largest absolute Gasteiger partial charge is 0.395 e. The first-order valence-electron chi connectivity index (χ1n) is 5.89. The number of halogens is 1. The predicted octanol–water partition coefficient (Wildman–Crippen LogP) is 1.34. The Bertz CT molecular complexity index is 421. The van der Waals surface area contributed by atoms with Gasteiger partial charge in [0.1, 0.15) is 0 Å². The fourth-order valence-corrected chi connectivity index (χ4v) is 1.80. The smallest absolute Gasteiger partial charge is 0.251 e. The molecule has 0 heterocycles. The Hall–Kier alpha value is -1.10. The molecule has 1 rings (SSSR count). The highest BCUT2D eigenvalue weighted by molar-refractivity contribution is 6.31. The molecule has 0 saturated heterocycles. The van der Waals surface area contributed by atoms with Crippen LogP contribution in [0.25, 0.3) is 0 Å². The van der Waals surface area contributed by atoms with E-state index in [0.29, 0.717) is 17.0 Å². The van der Waals surface area contributed by atoms with E-state index >= 15 is 0 Å². The molecule has 1 aromatic carbocycles. The van der Waals surface area contributed by atoms with Gasteiger partial charge >= 0.3 is 0 Å². The Labute approximate surface area is 112 Å². The van der Waals surface area contributed by atoms with E-state index in [1.165, 1.54) is 0 Å². The van der Waals surface area contributed by atoms with Gasteiger partial charge in [0, 0.05) is 22.7 Å². The SMILES string of the molecule is CC(C)NC(=O)c1cc(Cl)ccc1C[C@H](N)CO. The van der Waals surface area contributed by atoms with Crippen molar-refractivity contribution in [2.24, 2.45) is 5.73 Å². The number of nitrogens with two attached hydrogens (primary N) is 1. The van der Waals surface area contributed by atoms with Gasteiger partial charge in [0.15, 0.2) is 0 Å². The summed E-state index contributed by atoms with van der Waals surface area (Å²) in [5.74, 6) is -0.173. The van der Waals surface area contributed by atoms with Crippen molar-refractivity contribution in [1.29, 1.82) is 0 Å². The zero-order chi connectivity index (χ0) is 13.7. The number of nitrogens with one attached hydrogen (secondary N) is 1. The molecule has 1 atom stereocenters. The van der Waals surface area contributed by atoms with Crippen LogP contribution in [0.15, 0.2) is 18.2 Å². The lowest BCUT2D eigenvalue weighted by Gasteiger charge is -2.15. The predicted molar refractivity (Wildman–Crippen MR) is 72.8 cm³/mol. The minimum Gasteiger partial charge on any atom is -0.395 e. The molecule has 0 saturated carbocycles. The van der Waals surface area contributed by atoms with E-state index in [1.807, 2.05) is 13.8 Å². The minimum atomic E-state index is -0.378. The van der Waals surface area contributed by atoms with E-state index in [0.717, 1.165) is 5.56 Å². The topological polar surface area (TPSA) is 75.4 Å².